The summed E-state index contributed by atoms with van der Waals surface area (Å²) in [4.78, 5) is 22.3. The van der Waals surface area contributed by atoms with Crippen LogP contribution < -0.4 is 0 Å². The molecular formula is C14H15FO3S. The molecule has 0 saturated heterocycles. The van der Waals surface area contributed by atoms with Gasteiger partial charge in [-0.15, -0.1) is 11.8 Å². The van der Waals surface area contributed by atoms with Gasteiger partial charge in [0, 0.05) is 16.2 Å². The van der Waals surface area contributed by atoms with Gasteiger partial charge in [-0.05, 0) is 37.3 Å². The first-order chi connectivity index (χ1) is 8.92. The number of aliphatic carboxylic acids is 1. The fraction of sp³-hybridized carbons (Fsp3) is 0.429. The van der Waals surface area contributed by atoms with Crippen LogP contribution in [0.2, 0.25) is 0 Å². The van der Waals surface area contributed by atoms with Crippen LogP contribution in [0.5, 0.6) is 0 Å². The number of Topliss-reactive ketones (excluding diaryl/α,β-unsaturated/α-hetero) is 1. The number of benzene rings is 1. The summed E-state index contributed by atoms with van der Waals surface area (Å²) in [5, 5.41) is 8.82. The Morgan fingerprint density at radius 1 is 1.42 bits per heavy atom. The number of halogens is 1. The molecule has 0 aromatic heterocycles. The van der Waals surface area contributed by atoms with Crippen molar-refractivity contribution in [1.29, 1.82) is 0 Å². The Labute approximate surface area is 115 Å². The molecule has 2 rings (SSSR count). The van der Waals surface area contributed by atoms with Crippen molar-refractivity contribution in [3.8, 4) is 0 Å². The average molecular weight is 282 g/mol. The number of carbonyl (C=O) groups is 2. The zero-order chi connectivity index (χ0) is 14.0. The van der Waals surface area contributed by atoms with Gasteiger partial charge in [0.1, 0.15) is 5.82 Å². The highest BCUT2D eigenvalue weighted by Gasteiger charge is 2.44. The molecule has 1 N–H and O–H groups in total. The van der Waals surface area contributed by atoms with Crippen molar-refractivity contribution in [2.45, 2.75) is 31.1 Å². The Morgan fingerprint density at radius 3 is 2.58 bits per heavy atom. The third kappa shape index (κ3) is 3.56. The minimum Gasteiger partial charge on any atom is -0.481 e. The van der Waals surface area contributed by atoms with Crippen molar-refractivity contribution in [1.82, 2.24) is 0 Å². The average Bonchev–Trinajstić information content (AvgIpc) is 3.06. The lowest BCUT2D eigenvalue weighted by molar-refractivity contribution is -0.138. The van der Waals surface area contributed by atoms with Crippen LogP contribution in [0.3, 0.4) is 0 Å². The zero-order valence-corrected chi connectivity index (χ0v) is 11.4. The lowest BCUT2D eigenvalue weighted by Crippen LogP contribution is -2.11. The molecule has 0 amide bonds. The number of rotatable bonds is 6. The minimum atomic E-state index is -0.800. The molecule has 0 aliphatic heterocycles. The highest BCUT2D eigenvalue weighted by atomic mass is 32.2. The molecule has 0 bridgehead atoms. The van der Waals surface area contributed by atoms with E-state index in [-0.39, 0.29) is 17.6 Å². The Bertz CT molecular complexity index is 523. The third-order valence-corrected chi connectivity index (χ3v) is 4.75. The number of hydrogen-bond donors (Lipinski definition) is 1. The zero-order valence-electron chi connectivity index (χ0n) is 10.6. The van der Waals surface area contributed by atoms with Gasteiger partial charge in [0.05, 0.1) is 6.42 Å². The SMILES string of the molecule is CC(=O)c1ccc(SCC2(CC(=O)O)CC2)c(F)c1. The van der Waals surface area contributed by atoms with Crippen LogP contribution in [0.4, 0.5) is 4.39 Å². The summed E-state index contributed by atoms with van der Waals surface area (Å²) < 4.78 is 13.8. The number of thioether (sulfide) groups is 1. The summed E-state index contributed by atoms with van der Waals surface area (Å²) in [7, 11) is 0. The number of carboxylic acid groups (broad SMARTS) is 1. The van der Waals surface area contributed by atoms with Gasteiger partial charge in [0.15, 0.2) is 5.78 Å². The topological polar surface area (TPSA) is 54.4 Å². The molecule has 1 aromatic carbocycles. The van der Waals surface area contributed by atoms with Gasteiger partial charge in [-0.25, -0.2) is 4.39 Å². The highest BCUT2D eigenvalue weighted by molar-refractivity contribution is 7.99. The van der Waals surface area contributed by atoms with E-state index in [0.717, 1.165) is 12.8 Å². The second-order valence-corrected chi connectivity index (χ2v) is 6.08. The first kappa shape index (κ1) is 14.1. The Hall–Kier alpha value is -1.36. The van der Waals surface area contributed by atoms with E-state index in [1.165, 1.54) is 24.8 Å². The van der Waals surface area contributed by atoms with Gasteiger partial charge in [0.25, 0.3) is 0 Å². The Kier molecular flexibility index (Phi) is 3.94. The first-order valence-electron chi connectivity index (χ1n) is 6.07. The smallest absolute Gasteiger partial charge is 0.303 e. The molecule has 1 aliphatic carbocycles. The van der Waals surface area contributed by atoms with Crippen molar-refractivity contribution in [3.05, 3.63) is 29.6 Å². The van der Waals surface area contributed by atoms with Crippen LogP contribution in [0.25, 0.3) is 0 Å². The number of carboxylic acids is 1. The van der Waals surface area contributed by atoms with E-state index >= 15 is 0 Å². The van der Waals surface area contributed by atoms with Crippen LogP contribution in [0.1, 0.15) is 36.5 Å². The molecule has 1 aliphatic rings. The van der Waals surface area contributed by atoms with Gasteiger partial charge in [-0.2, -0.15) is 0 Å². The molecule has 1 aromatic rings. The van der Waals surface area contributed by atoms with Crippen molar-refractivity contribution < 1.29 is 19.1 Å². The van der Waals surface area contributed by atoms with Crippen molar-refractivity contribution in [2.75, 3.05) is 5.75 Å². The maximum atomic E-state index is 13.8. The van der Waals surface area contributed by atoms with Gasteiger partial charge >= 0.3 is 5.97 Å². The van der Waals surface area contributed by atoms with E-state index in [0.29, 0.717) is 16.2 Å². The van der Waals surface area contributed by atoms with Gasteiger partial charge < -0.3 is 5.11 Å². The Morgan fingerprint density at radius 2 is 2.11 bits per heavy atom. The summed E-state index contributed by atoms with van der Waals surface area (Å²) in [5.41, 5.74) is 0.191. The number of hydrogen-bond acceptors (Lipinski definition) is 3. The van der Waals surface area contributed by atoms with E-state index in [1.54, 1.807) is 12.1 Å². The minimum absolute atomic E-state index is 0.146. The third-order valence-electron chi connectivity index (χ3n) is 3.36. The normalized spacial score (nSPS) is 16.1. The van der Waals surface area contributed by atoms with Crippen molar-refractivity contribution in [2.24, 2.45) is 5.41 Å². The fourth-order valence-corrected chi connectivity index (χ4v) is 3.15. The van der Waals surface area contributed by atoms with E-state index in [2.05, 4.69) is 0 Å². The van der Waals surface area contributed by atoms with Crippen molar-refractivity contribution in [3.63, 3.8) is 0 Å². The second kappa shape index (κ2) is 5.33. The summed E-state index contributed by atoms with van der Waals surface area (Å²) >= 11 is 1.33. The van der Waals surface area contributed by atoms with Gasteiger partial charge in [-0.1, -0.05) is 6.07 Å². The lowest BCUT2D eigenvalue weighted by Gasteiger charge is -2.12. The van der Waals surface area contributed by atoms with E-state index in [4.69, 9.17) is 5.11 Å². The summed E-state index contributed by atoms with van der Waals surface area (Å²) in [6.45, 7) is 1.40. The molecular weight excluding hydrogens is 267 g/mol. The molecule has 0 radical (unpaired) electrons. The van der Waals surface area contributed by atoms with Crippen LogP contribution in [-0.4, -0.2) is 22.6 Å². The summed E-state index contributed by atoms with van der Waals surface area (Å²) in [5.74, 6) is -0.773. The molecule has 3 nitrogen and oxygen atoms in total. The predicted molar refractivity (Wildman–Crippen MR) is 71.0 cm³/mol. The molecule has 1 saturated carbocycles. The molecule has 1 fully saturated rings. The highest BCUT2D eigenvalue weighted by Crippen LogP contribution is 2.52. The molecule has 102 valence electrons. The van der Waals surface area contributed by atoms with Gasteiger partial charge in [-0.3, -0.25) is 9.59 Å². The molecule has 19 heavy (non-hydrogen) atoms. The number of ketones is 1. The molecule has 0 unspecified atom stereocenters. The van der Waals surface area contributed by atoms with E-state index < -0.39 is 11.8 Å². The van der Waals surface area contributed by atoms with E-state index in [1.807, 2.05) is 0 Å². The lowest BCUT2D eigenvalue weighted by atomic mass is 10.1. The quantitative estimate of drug-likeness (QED) is 0.642. The Balaban J connectivity index is 2.00. The standard InChI is InChI=1S/C14H15FO3S/c1-9(16)10-2-3-12(11(15)6-10)19-8-14(4-5-14)7-13(17)18/h2-3,6H,4-5,7-8H2,1H3,(H,17,18). The monoisotopic (exact) mass is 282 g/mol. The molecule has 0 spiro atoms. The van der Waals surface area contributed by atoms with Crippen LogP contribution in [0, 0.1) is 11.2 Å². The second-order valence-electron chi connectivity index (χ2n) is 5.06. The van der Waals surface area contributed by atoms with Crippen LogP contribution in [0.15, 0.2) is 23.1 Å². The van der Waals surface area contributed by atoms with Crippen LogP contribution in [-0.2, 0) is 4.79 Å². The predicted octanol–water partition coefficient (Wildman–Crippen LogP) is 3.38. The molecule has 0 atom stereocenters. The number of carbonyl (C=O) groups excluding carboxylic acids is 1. The summed E-state index contributed by atoms with van der Waals surface area (Å²) in [6, 6.07) is 4.43. The summed E-state index contributed by atoms with van der Waals surface area (Å²) in [6.07, 6.45) is 1.92. The van der Waals surface area contributed by atoms with E-state index in [9.17, 15) is 14.0 Å². The van der Waals surface area contributed by atoms with Crippen LogP contribution >= 0.6 is 11.8 Å². The first-order valence-corrected chi connectivity index (χ1v) is 7.06. The largest absolute Gasteiger partial charge is 0.481 e. The maximum Gasteiger partial charge on any atom is 0.303 e. The van der Waals surface area contributed by atoms with Crippen molar-refractivity contribution >= 4 is 23.5 Å². The fourth-order valence-electron chi connectivity index (χ4n) is 1.94. The van der Waals surface area contributed by atoms with Gasteiger partial charge in [0.2, 0.25) is 0 Å². The maximum absolute atomic E-state index is 13.8. The molecule has 5 heteroatoms. The molecule has 0 heterocycles.